The molecule has 1 aliphatic heterocycles. The van der Waals surface area contributed by atoms with Crippen LogP contribution in [0.3, 0.4) is 0 Å². The monoisotopic (exact) mass is 515 g/mol. The van der Waals surface area contributed by atoms with E-state index in [9.17, 15) is 19.2 Å². The van der Waals surface area contributed by atoms with Crippen molar-refractivity contribution in [1.82, 2.24) is 20.9 Å². The van der Waals surface area contributed by atoms with E-state index in [1.165, 1.54) is 0 Å². The molecule has 10 heteroatoms. The van der Waals surface area contributed by atoms with Gasteiger partial charge in [0.15, 0.2) is 0 Å². The molecule has 3 atom stereocenters. The molecule has 1 saturated carbocycles. The van der Waals surface area contributed by atoms with E-state index in [1.54, 1.807) is 18.2 Å². The number of primary amides is 1. The largest absolute Gasteiger partial charge is 0.368 e. The van der Waals surface area contributed by atoms with Gasteiger partial charge in [-0.05, 0) is 57.6 Å². The molecule has 1 unspecified atom stereocenters. The van der Waals surface area contributed by atoms with Gasteiger partial charge in [0.05, 0.1) is 10.5 Å². The Balaban J connectivity index is 1.37. The Morgan fingerprint density at radius 2 is 1.94 bits per heavy atom. The van der Waals surface area contributed by atoms with Crippen LogP contribution in [0.2, 0.25) is 5.02 Å². The van der Waals surface area contributed by atoms with Crippen molar-refractivity contribution >= 4 is 46.1 Å². The molecule has 2 fully saturated rings. The van der Waals surface area contributed by atoms with Crippen molar-refractivity contribution in [1.29, 1.82) is 0 Å². The number of fused-ring (bicyclic) bond motifs is 1. The molecular weight excluding hydrogens is 482 g/mol. The molecule has 2 heterocycles. The third-order valence-electron chi connectivity index (χ3n) is 7.03. The van der Waals surface area contributed by atoms with Crippen LogP contribution in [0.25, 0.3) is 10.9 Å². The molecule has 1 aromatic heterocycles. The smallest absolute Gasteiger partial charge is 0.268 e. The van der Waals surface area contributed by atoms with E-state index >= 15 is 0 Å². The highest BCUT2D eigenvalue weighted by Gasteiger charge is 2.37. The summed E-state index contributed by atoms with van der Waals surface area (Å²) in [5.74, 6) is -1.24. The first-order valence-corrected chi connectivity index (χ1v) is 12.9. The lowest BCUT2D eigenvalue weighted by atomic mass is 9.92. The molecule has 2 aliphatic rings. The molecular formula is C26H34ClN5O4. The van der Waals surface area contributed by atoms with Crippen LogP contribution in [0.15, 0.2) is 24.3 Å². The average Bonchev–Trinajstić information content (AvgIpc) is 3.43. The zero-order chi connectivity index (χ0) is 26.0. The lowest BCUT2D eigenvalue weighted by Crippen LogP contribution is -2.53. The van der Waals surface area contributed by atoms with E-state index in [0.29, 0.717) is 47.8 Å². The van der Waals surface area contributed by atoms with E-state index < -0.39 is 29.8 Å². The van der Waals surface area contributed by atoms with Crippen molar-refractivity contribution < 1.29 is 19.2 Å². The second-order valence-electron chi connectivity index (χ2n) is 10.8. The van der Waals surface area contributed by atoms with Crippen LogP contribution < -0.4 is 21.7 Å². The van der Waals surface area contributed by atoms with Crippen LogP contribution in [-0.4, -0.2) is 46.2 Å². The number of aromatic nitrogens is 1. The number of rotatable bonds is 11. The molecule has 1 aliphatic carbocycles. The van der Waals surface area contributed by atoms with Gasteiger partial charge < -0.3 is 26.7 Å². The number of hydrogen-bond donors (Lipinski definition) is 5. The molecule has 194 valence electrons. The predicted molar refractivity (Wildman–Crippen MR) is 137 cm³/mol. The summed E-state index contributed by atoms with van der Waals surface area (Å²) in [6.07, 6.45) is 4.73. The molecule has 0 radical (unpaired) electrons. The number of benzene rings is 1. The van der Waals surface area contributed by atoms with Crippen molar-refractivity contribution in [3.8, 4) is 0 Å². The highest BCUT2D eigenvalue weighted by molar-refractivity contribution is 6.35. The third-order valence-corrected chi connectivity index (χ3v) is 7.35. The average molecular weight is 516 g/mol. The van der Waals surface area contributed by atoms with Gasteiger partial charge in [0.2, 0.25) is 17.7 Å². The fourth-order valence-corrected chi connectivity index (χ4v) is 5.18. The van der Waals surface area contributed by atoms with Gasteiger partial charge in [-0.1, -0.05) is 43.0 Å². The number of para-hydroxylation sites is 1. The van der Waals surface area contributed by atoms with Crippen molar-refractivity contribution in [2.45, 2.75) is 76.4 Å². The Hall–Kier alpha value is -3.07. The minimum Gasteiger partial charge on any atom is -0.368 e. The zero-order valence-electron chi connectivity index (χ0n) is 20.7. The second kappa shape index (κ2) is 10.5. The normalized spacial score (nSPS) is 20.5. The SMILES string of the molecule is CC1(C)CC(CCC[C@H](NC(=O)[C@H](CC2CC2)NC(=O)c2cc3cccc(Cl)c3[nH]2)C(N)=O)C(=O)N1. The summed E-state index contributed by atoms with van der Waals surface area (Å²) in [7, 11) is 0. The Bertz CT molecular complexity index is 1170. The quantitative estimate of drug-likeness (QED) is 0.313. The summed E-state index contributed by atoms with van der Waals surface area (Å²) >= 11 is 6.21. The molecule has 6 N–H and O–H groups in total. The number of aromatic amines is 1. The van der Waals surface area contributed by atoms with Crippen LogP contribution in [0.4, 0.5) is 0 Å². The van der Waals surface area contributed by atoms with Crippen LogP contribution >= 0.6 is 11.6 Å². The van der Waals surface area contributed by atoms with Gasteiger partial charge in [0.25, 0.3) is 5.91 Å². The highest BCUT2D eigenvalue weighted by atomic mass is 35.5. The molecule has 4 rings (SSSR count). The maximum atomic E-state index is 13.1. The summed E-state index contributed by atoms with van der Waals surface area (Å²) in [5.41, 5.74) is 6.30. The van der Waals surface area contributed by atoms with Gasteiger partial charge in [-0.3, -0.25) is 19.2 Å². The minimum atomic E-state index is -0.875. The Labute approximate surface area is 215 Å². The van der Waals surface area contributed by atoms with Crippen molar-refractivity contribution in [2.24, 2.45) is 17.6 Å². The molecule has 4 amide bonds. The first-order chi connectivity index (χ1) is 17.0. The first-order valence-electron chi connectivity index (χ1n) is 12.5. The van der Waals surface area contributed by atoms with E-state index in [1.807, 2.05) is 19.9 Å². The Morgan fingerprint density at radius 1 is 1.19 bits per heavy atom. The van der Waals surface area contributed by atoms with Crippen LogP contribution in [0.1, 0.15) is 69.3 Å². The maximum Gasteiger partial charge on any atom is 0.268 e. The van der Waals surface area contributed by atoms with Gasteiger partial charge in [-0.15, -0.1) is 0 Å². The molecule has 36 heavy (non-hydrogen) atoms. The maximum absolute atomic E-state index is 13.1. The third kappa shape index (κ3) is 6.37. The van der Waals surface area contributed by atoms with E-state index in [-0.39, 0.29) is 17.4 Å². The molecule has 0 bridgehead atoms. The van der Waals surface area contributed by atoms with Crippen molar-refractivity contribution in [3.63, 3.8) is 0 Å². The number of nitrogens with one attached hydrogen (secondary N) is 4. The lowest BCUT2D eigenvalue weighted by Gasteiger charge is -2.22. The summed E-state index contributed by atoms with van der Waals surface area (Å²) in [6, 6.07) is 5.39. The van der Waals surface area contributed by atoms with Gasteiger partial charge in [0.1, 0.15) is 17.8 Å². The van der Waals surface area contributed by atoms with Crippen LogP contribution in [0.5, 0.6) is 0 Å². The summed E-state index contributed by atoms with van der Waals surface area (Å²) in [4.78, 5) is 53.4. The van der Waals surface area contributed by atoms with Crippen LogP contribution in [-0.2, 0) is 14.4 Å². The molecule has 0 spiro atoms. The van der Waals surface area contributed by atoms with Gasteiger partial charge >= 0.3 is 0 Å². The number of carbonyl (C=O) groups is 4. The Kier molecular flexibility index (Phi) is 7.59. The van der Waals surface area contributed by atoms with E-state index in [2.05, 4.69) is 20.9 Å². The van der Waals surface area contributed by atoms with Gasteiger partial charge in [-0.25, -0.2) is 0 Å². The number of H-pyrrole nitrogens is 1. The standard InChI is InChI=1S/C26H34ClN5O4/c1-26(2)13-16(23(34)32-26)6-4-8-18(22(28)33)30-24(35)19(11-14-9-10-14)31-25(36)20-12-15-5-3-7-17(27)21(15)29-20/h3,5,7,12,14,16,18-19,29H,4,6,8-11,13H2,1-2H3,(H2,28,33)(H,30,35)(H,31,36)(H,32,34)/t16?,18-,19-/m0/s1. The highest BCUT2D eigenvalue weighted by Crippen LogP contribution is 2.34. The fourth-order valence-electron chi connectivity index (χ4n) is 4.95. The fraction of sp³-hybridized carbons (Fsp3) is 0.538. The lowest BCUT2D eigenvalue weighted by molar-refractivity contribution is -0.128. The summed E-state index contributed by atoms with van der Waals surface area (Å²) in [6.45, 7) is 3.96. The first kappa shape index (κ1) is 26.0. The Morgan fingerprint density at radius 3 is 2.56 bits per heavy atom. The van der Waals surface area contributed by atoms with Gasteiger partial charge in [0, 0.05) is 16.8 Å². The number of halogens is 1. The van der Waals surface area contributed by atoms with E-state index in [0.717, 1.165) is 24.6 Å². The van der Waals surface area contributed by atoms with Crippen LogP contribution in [0, 0.1) is 11.8 Å². The van der Waals surface area contributed by atoms with Gasteiger partial charge in [-0.2, -0.15) is 0 Å². The zero-order valence-corrected chi connectivity index (χ0v) is 21.4. The second-order valence-corrected chi connectivity index (χ2v) is 11.2. The number of hydrogen-bond acceptors (Lipinski definition) is 4. The number of carbonyl (C=O) groups excluding carboxylic acids is 4. The molecule has 1 saturated heterocycles. The summed E-state index contributed by atoms with van der Waals surface area (Å²) < 4.78 is 0. The number of amides is 4. The molecule has 1 aromatic carbocycles. The molecule has 9 nitrogen and oxygen atoms in total. The summed E-state index contributed by atoms with van der Waals surface area (Å²) in [5, 5.41) is 9.81. The topological polar surface area (TPSA) is 146 Å². The minimum absolute atomic E-state index is 0.0186. The van der Waals surface area contributed by atoms with E-state index in [4.69, 9.17) is 17.3 Å². The predicted octanol–water partition coefficient (Wildman–Crippen LogP) is 2.77. The van der Waals surface area contributed by atoms with Crippen molar-refractivity contribution in [3.05, 3.63) is 35.0 Å². The number of nitrogens with two attached hydrogens (primary N) is 1. The van der Waals surface area contributed by atoms with Crippen molar-refractivity contribution in [2.75, 3.05) is 0 Å². The molecule has 2 aromatic rings.